The molecule has 2 atom stereocenters. The molecule has 0 amide bonds. The van der Waals surface area contributed by atoms with Gasteiger partial charge in [-0.25, -0.2) is 0 Å². The standard InChI is InChI=1S/C23H25NO/c1-19(23(25)22-15-9-4-10-16-22)24(17-20-11-5-2-6-12-20)18-21-13-7-3-8-14-21/h2-16,19,23,25H,17-18H2,1H3/t19-,23-/m1/s1. The van der Waals surface area contributed by atoms with Crippen LogP contribution in [0.5, 0.6) is 0 Å². The van der Waals surface area contributed by atoms with Gasteiger partial charge in [0.1, 0.15) is 0 Å². The number of hydrogen-bond donors (Lipinski definition) is 1. The second kappa shape index (κ2) is 8.61. The number of benzene rings is 3. The molecular formula is C23H25NO. The van der Waals surface area contributed by atoms with Crippen LogP contribution in [0.1, 0.15) is 29.7 Å². The first-order chi connectivity index (χ1) is 12.2. The highest BCUT2D eigenvalue weighted by Crippen LogP contribution is 2.24. The van der Waals surface area contributed by atoms with Gasteiger partial charge in [0.25, 0.3) is 0 Å². The molecule has 3 aromatic carbocycles. The third kappa shape index (κ3) is 4.79. The normalized spacial score (nSPS) is 13.6. The van der Waals surface area contributed by atoms with Crippen molar-refractivity contribution in [2.45, 2.75) is 32.2 Å². The molecule has 0 aliphatic carbocycles. The van der Waals surface area contributed by atoms with Crippen molar-refractivity contribution in [1.29, 1.82) is 0 Å². The summed E-state index contributed by atoms with van der Waals surface area (Å²) in [6.07, 6.45) is -0.520. The molecule has 0 bridgehead atoms. The van der Waals surface area contributed by atoms with Crippen LogP contribution < -0.4 is 0 Å². The molecule has 0 fully saturated rings. The molecule has 0 heterocycles. The molecule has 0 unspecified atom stereocenters. The Labute approximate surface area is 150 Å². The molecule has 0 aliphatic heterocycles. The lowest BCUT2D eigenvalue weighted by Gasteiger charge is -2.33. The third-order valence-corrected chi connectivity index (χ3v) is 4.63. The molecule has 2 heteroatoms. The zero-order valence-electron chi connectivity index (χ0n) is 14.6. The monoisotopic (exact) mass is 331 g/mol. The van der Waals surface area contributed by atoms with Gasteiger partial charge in [-0.1, -0.05) is 91.0 Å². The van der Waals surface area contributed by atoms with Gasteiger partial charge in [0.2, 0.25) is 0 Å². The van der Waals surface area contributed by atoms with Gasteiger partial charge in [0, 0.05) is 19.1 Å². The lowest BCUT2D eigenvalue weighted by molar-refractivity contribution is 0.0484. The van der Waals surface area contributed by atoms with Crippen LogP contribution in [-0.2, 0) is 13.1 Å². The van der Waals surface area contributed by atoms with Crippen molar-refractivity contribution in [2.24, 2.45) is 0 Å². The van der Waals surface area contributed by atoms with Crippen LogP contribution in [0.25, 0.3) is 0 Å². The third-order valence-electron chi connectivity index (χ3n) is 4.63. The molecular weight excluding hydrogens is 306 g/mol. The van der Waals surface area contributed by atoms with E-state index < -0.39 is 6.10 Å². The van der Waals surface area contributed by atoms with Gasteiger partial charge in [-0.05, 0) is 23.6 Å². The molecule has 1 N–H and O–H groups in total. The SMILES string of the molecule is C[C@H]([C@@H](O)c1ccccc1)N(Cc1ccccc1)Cc1ccccc1. The molecule has 0 saturated heterocycles. The van der Waals surface area contributed by atoms with Gasteiger partial charge in [-0.15, -0.1) is 0 Å². The van der Waals surface area contributed by atoms with E-state index in [0.717, 1.165) is 18.7 Å². The summed E-state index contributed by atoms with van der Waals surface area (Å²) in [5.41, 5.74) is 3.47. The van der Waals surface area contributed by atoms with Gasteiger partial charge in [0.15, 0.2) is 0 Å². The van der Waals surface area contributed by atoms with Crippen LogP contribution in [0.4, 0.5) is 0 Å². The van der Waals surface area contributed by atoms with Crippen molar-refractivity contribution in [3.63, 3.8) is 0 Å². The number of hydrogen-bond acceptors (Lipinski definition) is 2. The Morgan fingerprint density at radius 2 is 1.08 bits per heavy atom. The minimum absolute atomic E-state index is 0.00260. The van der Waals surface area contributed by atoms with Crippen LogP contribution in [-0.4, -0.2) is 16.0 Å². The van der Waals surface area contributed by atoms with Crippen LogP contribution in [0.3, 0.4) is 0 Å². The minimum Gasteiger partial charge on any atom is -0.387 e. The molecule has 0 aromatic heterocycles. The summed E-state index contributed by atoms with van der Waals surface area (Å²) in [6.45, 7) is 3.71. The second-order valence-electron chi connectivity index (χ2n) is 6.47. The average molecular weight is 331 g/mol. The smallest absolute Gasteiger partial charge is 0.0942 e. The molecule has 0 radical (unpaired) electrons. The zero-order valence-corrected chi connectivity index (χ0v) is 14.6. The fourth-order valence-electron chi connectivity index (χ4n) is 3.11. The number of nitrogens with zero attached hydrogens (tertiary/aromatic N) is 1. The highest BCUT2D eigenvalue weighted by Gasteiger charge is 2.23. The Bertz CT molecular complexity index is 701. The summed E-state index contributed by atoms with van der Waals surface area (Å²) in [4.78, 5) is 2.34. The van der Waals surface area contributed by atoms with E-state index in [9.17, 15) is 5.11 Å². The first-order valence-electron chi connectivity index (χ1n) is 8.79. The van der Waals surface area contributed by atoms with Gasteiger partial charge in [0.05, 0.1) is 6.10 Å². The van der Waals surface area contributed by atoms with Crippen molar-refractivity contribution < 1.29 is 5.11 Å². The van der Waals surface area contributed by atoms with Gasteiger partial charge >= 0.3 is 0 Å². The summed E-state index contributed by atoms with van der Waals surface area (Å²) in [6, 6.07) is 30.8. The molecule has 128 valence electrons. The summed E-state index contributed by atoms with van der Waals surface area (Å²) >= 11 is 0. The maximum atomic E-state index is 10.9. The van der Waals surface area contributed by atoms with E-state index >= 15 is 0 Å². The highest BCUT2D eigenvalue weighted by molar-refractivity contribution is 5.21. The van der Waals surface area contributed by atoms with Crippen molar-refractivity contribution in [2.75, 3.05) is 0 Å². The van der Waals surface area contributed by atoms with E-state index in [1.807, 2.05) is 42.5 Å². The predicted octanol–water partition coefficient (Wildman–Crippen LogP) is 4.81. The van der Waals surface area contributed by atoms with Crippen LogP contribution in [0, 0.1) is 0 Å². The molecule has 0 aliphatic rings. The fourth-order valence-corrected chi connectivity index (χ4v) is 3.11. The summed E-state index contributed by atoms with van der Waals surface area (Å²) in [7, 11) is 0. The number of rotatable bonds is 7. The number of aliphatic hydroxyl groups is 1. The lowest BCUT2D eigenvalue weighted by Crippen LogP contribution is -2.36. The van der Waals surface area contributed by atoms with Gasteiger partial charge < -0.3 is 5.11 Å². The van der Waals surface area contributed by atoms with Gasteiger partial charge in [-0.2, -0.15) is 0 Å². The van der Waals surface area contributed by atoms with E-state index in [0.29, 0.717) is 0 Å². The van der Waals surface area contributed by atoms with E-state index in [2.05, 4.69) is 60.4 Å². The zero-order chi connectivity index (χ0) is 17.5. The van der Waals surface area contributed by atoms with Crippen LogP contribution in [0.2, 0.25) is 0 Å². The fraction of sp³-hybridized carbons (Fsp3) is 0.217. The number of aliphatic hydroxyl groups excluding tert-OH is 1. The molecule has 3 rings (SSSR count). The summed E-state index contributed by atoms with van der Waals surface area (Å²) < 4.78 is 0. The first-order valence-corrected chi connectivity index (χ1v) is 8.79. The minimum atomic E-state index is -0.520. The maximum absolute atomic E-state index is 10.9. The van der Waals surface area contributed by atoms with E-state index in [1.165, 1.54) is 11.1 Å². The Morgan fingerprint density at radius 3 is 1.52 bits per heavy atom. The van der Waals surface area contributed by atoms with Crippen LogP contribution in [0.15, 0.2) is 91.0 Å². The van der Waals surface area contributed by atoms with E-state index in [4.69, 9.17) is 0 Å². The van der Waals surface area contributed by atoms with E-state index in [1.54, 1.807) is 0 Å². The Hall–Kier alpha value is -2.42. The average Bonchev–Trinajstić information content (AvgIpc) is 2.68. The van der Waals surface area contributed by atoms with Crippen molar-refractivity contribution in [3.8, 4) is 0 Å². The van der Waals surface area contributed by atoms with Crippen molar-refractivity contribution in [1.82, 2.24) is 4.90 Å². The van der Waals surface area contributed by atoms with Crippen LogP contribution >= 0.6 is 0 Å². The predicted molar refractivity (Wildman–Crippen MR) is 103 cm³/mol. The highest BCUT2D eigenvalue weighted by atomic mass is 16.3. The molecule has 3 aromatic rings. The largest absolute Gasteiger partial charge is 0.387 e. The lowest BCUT2D eigenvalue weighted by atomic mass is 10.0. The van der Waals surface area contributed by atoms with E-state index in [-0.39, 0.29) is 6.04 Å². The molecule has 25 heavy (non-hydrogen) atoms. The second-order valence-corrected chi connectivity index (χ2v) is 6.47. The van der Waals surface area contributed by atoms with Crippen molar-refractivity contribution >= 4 is 0 Å². The maximum Gasteiger partial charge on any atom is 0.0942 e. The Morgan fingerprint density at radius 1 is 0.680 bits per heavy atom. The Balaban J connectivity index is 1.81. The first kappa shape index (κ1) is 17.4. The summed E-state index contributed by atoms with van der Waals surface area (Å²) in [5.74, 6) is 0. The molecule has 0 spiro atoms. The molecule has 2 nitrogen and oxygen atoms in total. The molecule has 0 saturated carbocycles. The summed E-state index contributed by atoms with van der Waals surface area (Å²) in [5, 5.41) is 10.9. The van der Waals surface area contributed by atoms with Gasteiger partial charge in [-0.3, -0.25) is 4.90 Å². The Kier molecular flexibility index (Phi) is 5.99. The quantitative estimate of drug-likeness (QED) is 0.671. The van der Waals surface area contributed by atoms with Crippen molar-refractivity contribution in [3.05, 3.63) is 108 Å². The topological polar surface area (TPSA) is 23.5 Å².